The van der Waals surface area contributed by atoms with Crippen molar-refractivity contribution in [2.75, 3.05) is 36.4 Å². The number of rotatable bonds is 14. The van der Waals surface area contributed by atoms with E-state index in [2.05, 4.69) is 5.32 Å². The maximum Gasteiger partial charge on any atom is 0.341 e. The zero-order valence-electron chi connectivity index (χ0n) is 24.8. The first-order valence-electron chi connectivity index (χ1n) is 14.5. The normalized spacial score (nSPS) is 16.1. The molecule has 0 fully saturated rings. The number of halogens is 2. The van der Waals surface area contributed by atoms with E-state index in [9.17, 15) is 19.5 Å². The SMILES string of the molecule is CCOCCOC(=O)[C@H](Cc1ccccc1)NC(=O)N(c1ccc(Cl)cc1)N(CC1(C(=O)O)C=CC=CC1)c1ccc(Cl)cc1. The number of nitrogens with zero attached hydrogens (tertiary/aromatic N) is 2. The van der Waals surface area contributed by atoms with Crippen molar-refractivity contribution < 1.29 is 29.0 Å². The molecule has 9 nitrogen and oxygen atoms in total. The Labute approximate surface area is 272 Å². The highest BCUT2D eigenvalue weighted by Crippen LogP contribution is 2.34. The van der Waals surface area contributed by atoms with Gasteiger partial charge >= 0.3 is 18.0 Å². The van der Waals surface area contributed by atoms with Gasteiger partial charge in [0.05, 0.1) is 24.5 Å². The Bertz CT molecular complexity index is 1500. The molecule has 0 saturated carbocycles. The number of aliphatic carboxylic acids is 1. The number of carbonyl (C=O) groups is 3. The van der Waals surface area contributed by atoms with Gasteiger partial charge in [0.25, 0.3) is 0 Å². The summed E-state index contributed by atoms with van der Waals surface area (Å²) < 4.78 is 10.8. The van der Waals surface area contributed by atoms with Crippen LogP contribution in [0.2, 0.25) is 10.0 Å². The summed E-state index contributed by atoms with van der Waals surface area (Å²) in [6.45, 7) is 2.41. The van der Waals surface area contributed by atoms with Crippen molar-refractivity contribution in [2.24, 2.45) is 5.41 Å². The summed E-state index contributed by atoms with van der Waals surface area (Å²) in [6.07, 6.45) is 7.20. The van der Waals surface area contributed by atoms with E-state index in [1.807, 2.05) is 37.3 Å². The Balaban J connectivity index is 1.76. The number of hydrogen-bond acceptors (Lipinski definition) is 6. The fourth-order valence-corrected chi connectivity index (χ4v) is 5.07. The third-order valence-electron chi connectivity index (χ3n) is 7.17. The summed E-state index contributed by atoms with van der Waals surface area (Å²) in [5.41, 5.74) is 0.306. The maximum atomic E-state index is 14.4. The molecule has 2 amide bonds. The fourth-order valence-electron chi connectivity index (χ4n) is 4.81. The van der Waals surface area contributed by atoms with Gasteiger partial charge in [-0.1, -0.05) is 77.8 Å². The van der Waals surface area contributed by atoms with Crippen LogP contribution in [0.4, 0.5) is 16.2 Å². The molecular formula is C34H35Cl2N3O6. The zero-order valence-corrected chi connectivity index (χ0v) is 26.3. The highest BCUT2D eigenvalue weighted by atomic mass is 35.5. The lowest BCUT2D eigenvalue weighted by molar-refractivity contribution is -0.147. The third-order valence-corrected chi connectivity index (χ3v) is 7.68. The molecule has 236 valence electrons. The van der Waals surface area contributed by atoms with E-state index >= 15 is 0 Å². The van der Waals surface area contributed by atoms with Gasteiger partial charge < -0.3 is 19.9 Å². The number of amides is 2. The van der Waals surface area contributed by atoms with E-state index in [0.29, 0.717) is 28.0 Å². The number of allylic oxidation sites excluding steroid dienone is 3. The van der Waals surface area contributed by atoms with Crippen molar-refractivity contribution in [3.63, 3.8) is 0 Å². The Hall–Kier alpha value is -4.31. The van der Waals surface area contributed by atoms with Crippen molar-refractivity contribution >= 4 is 52.5 Å². The number of hydrogen-bond donors (Lipinski definition) is 2. The topological polar surface area (TPSA) is 108 Å². The number of ether oxygens (including phenoxy) is 2. The third kappa shape index (κ3) is 9.11. The molecule has 1 aliphatic carbocycles. The van der Waals surface area contributed by atoms with E-state index in [1.165, 1.54) is 5.01 Å². The molecule has 11 heteroatoms. The molecule has 3 aromatic rings. The second-order valence-electron chi connectivity index (χ2n) is 10.3. The van der Waals surface area contributed by atoms with Gasteiger partial charge in [0.1, 0.15) is 18.1 Å². The number of carboxylic acids is 1. The molecule has 2 atom stereocenters. The molecule has 0 saturated heterocycles. The van der Waals surface area contributed by atoms with Gasteiger partial charge in [-0.25, -0.2) is 14.6 Å². The molecule has 2 N–H and O–H groups in total. The molecule has 0 spiro atoms. The first kappa shape index (κ1) is 33.6. The van der Waals surface area contributed by atoms with E-state index in [-0.39, 0.29) is 32.6 Å². The number of nitrogens with one attached hydrogen (secondary N) is 1. The van der Waals surface area contributed by atoms with E-state index < -0.39 is 29.4 Å². The lowest BCUT2D eigenvalue weighted by atomic mass is 9.81. The molecule has 0 radical (unpaired) electrons. The minimum atomic E-state index is -1.37. The van der Waals surface area contributed by atoms with Crippen LogP contribution in [0, 0.1) is 5.41 Å². The standard InChI is InChI=1S/C34H35Cl2N3O6/c1-2-44-21-22-45-31(40)30(23-25-9-5-3-6-10-25)37-33(43)39(29-17-13-27(36)14-18-29)38(28-15-11-26(35)12-16-28)24-34(32(41)42)19-7-4-8-20-34/h3-19,30H,2,20-24H2,1H3,(H,37,43)(H,41,42)/t30-,34?/m0/s1. The van der Waals surface area contributed by atoms with Gasteiger partial charge in [0, 0.05) is 23.1 Å². The number of anilines is 2. The highest BCUT2D eigenvalue weighted by molar-refractivity contribution is 6.31. The molecule has 4 rings (SSSR count). The van der Waals surface area contributed by atoms with Crippen LogP contribution in [0.15, 0.2) is 103 Å². The quantitative estimate of drug-likeness (QED) is 0.113. The first-order valence-corrected chi connectivity index (χ1v) is 15.2. The number of carboxylic acid groups (broad SMARTS) is 1. The van der Waals surface area contributed by atoms with Crippen LogP contribution in [0.3, 0.4) is 0 Å². The summed E-state index contributed by atoms with van der Waals surface area (Å²) >= 11 is 12.4. The molecule has 1 unspecified atom stereocenters. The van der Waals surface area contributed by atoms with Crippen LogP contribution in [-0.4, -0.2) is 55.5 Å². The smallest absolute Gasteiger partial charge is 0.341 e. The molecule has 0 heterocycles. The summed E-state index contributed by atoms with van der Waals surface area (Å²) in [5.74, 6) is -1.69. The minimum Gasteiger partial charge on any atom is -0.481 e. The van der Waals surface area contributed by atoms with Crippen molar-refractivity contribution in [2.45, 2.75) is 25.8 Å². The molecule has 0 aliphatic heterocycles. The van der Waals surface area contributed by atoms with Gasteiger partial charge in [-0.2, -0.15) is 0 Å². The van der Waals surface area contributed by atoms with Crippen molar-refractivity contribution in [3.8, 4) is 0 Å². The zero-order chi connectivity index (χ0) is 32.2. The predicted molar refractivity (Wildman–Crippen MR) is 176 cm³/mol. The summed E-state index contributed by atoms with van der Waals surface area (Å²) in [7, 11) is 0. The predicted octanol–water partition coefficient (Wildman–Crippen LogP) is 6.71. The maximum absolute atomic E-state index is 14.4. The lowest BCUT2D eigenvalue weighted by Crippen LogP contribution is -2.58. The second kappa shape index (κ2) is 16.1. The van der Waals surface area contributed by atoms with E-state index in [0.717, 1.165) is 5.56 Å². The van der Waals surface area contributed by atoms with Crippen molar-refractivity contribution in [1.82, 2.24) is 5.32 Å². The number of urea groups is 1. The van der Waals surface area contributed by atoms with Crippen LogP contribution >= 0.6 is 23.2 Å². The van der Waals surface area contributed by atoms with E-state index in [4.69, 9.17) is 32.7 Å². The molecule has 3 aromatic carbocycles. The molecule has 45 heavy (non-hydrogen) atoms. The van der Waals surface area contributed by atoms with Gasteiger partial charge in [-0.3, -0.25) is 9.80 Å². The van der Waals surface area contributed by atoms with Gasteiger partial charge in [-0.05, 0) is 67.4 Å². The summed E-state index contributed by atoms with van der Waals surface area (Å²) in [5, 5.41) is 17.0. The fraction of sp³-hybridized carbons (Fsp3) is 0.265. The number of hydrazine groups is 1. The minimum absolute atomic E-state index is 0.0205. The van der Waals surface area contributed by atoms with Gasteiger partial charge in [0.15, 0.2) is 0 Å². The van der Waals surface area contributed by atoms with Crippen LogP contribution in [0.1, 0.15) is 18.9 Å². The van der Waals surface area contributed by atoms with Crippen LogP contribution in [0.25, 0.3) is 0 Å². The average Bonchev–Trinajstić information content (AvgIpc) is 3.04. The largest absolute Gasteiger partial charge is 0.481 e. The summed E-state index contributed by atoms with van der Waals surface area (Å²) in [6, 6.07) is 20.7. The molecular weight excluding hydrogens is 617 g/mol. The van der Waals surface area contributed by atoms with Gasteiger partial charge in [0.2, 0.25) is 0 Å². The van der Waals surface area contributed by atoms with Gasteiger partial charge in [-0.15, -0.1) is 0 Å². The average molecular weight is 653 g/mol. The Morgan fingerprint density at radius 3 is 2.13 bits per heavy atom. The van der Waals surface area contributed by atoms with Crippen LogP contribution in [0.5, 0.6) is 0 Å². The number of benzene rings is 3. The lowest BCUT2D eigenvalue weighted by Gasteiger charge is -2.41. The number of esters is 1. The molecule has 0 aromatic heterocycles. The molecule has 1 aliphatic rings. The second-order valence-corrected chi connectivity index (χ2v) is 11.2. The van der Waals surface area contributed by atoms with Crippen molar-refractivity contribution in [1.29, 1.82) is 0 Å². The van der Waals surface area contributed by atoms with Crippen molar-refractivity contribution in [3.05, 3.63) is 119 Å². The number of carbonyl (C=O) groups excluding carboxylic acids is 2. The monoisotopic (exact) mass is 651 g/mol. The first-order chi connectivity index (χ1) is 21.7. The van der Waals surface area contributed by atoms with Crippen LogP contribution < -0.4 is 15.3 Å². The molecule has 0 bridgehead atoms. The highest BCUT2D eigenvalue weighted by Gasteiger charge is 2.41. The van der Waals surface area contributed by atoms with E-state index in [1.54, 1.807) is 77.8 Å². The van der Waals surface area contributed by atoms with Crippen LogP contribution in [-0.2, 0) is 25.5 Å². The Morgan fingerprint density at radius 1 is 0.911 bits per heavy atom. The Morgan fingerprint density at radius 2 is 1.56 bits per heavy atom. The summed E-state index contributed by atoms with van der Waals surface area (Å²) in [4.78, 5) is 40.5. The Kier molecular flexibility index (Phi) is 12.0.